The third kappa shape index (κ3) is 3.41. The smallest absolute Gasteiger partial charge is 0.246 e. The molecule has 1 aliphatic carbocycles. The Morgan fingerprint density at radius 1 is 1.10 bits per heavy atom. The largest absolute Gasteiger partial charge is 0.342 e. The van der Waals surface area contributed by atoms with Crippen LogP contribution in [0.2, 0.25) is 0 Å². The number of amides is 2. The maximum atomic E-state index is 13.0. The zero-order chi connectivity index (χ0) is 15.6. The molecule has 1 saturated heterocycles. The molecule has 2 atom stereocenters. The van der Waals surface area contributed by atoms with E-state index in [1.54, 1.807) is 0 Å². The van der Waals surface area contributed by atoms with Gasteiger partial charge in [-0.3, -0.25) is 9.59 Å². The van der Waals surface area contributed by atoms with Gasteiger partial charge in [0.1, 0.15) is 12.1 Å². The summed E-state index contributed by atoms with van der Waals surface area (Å²) < 4.78 is 0. The van der Waals surface area contributed by atoms with Gasteiger partial charge in [0.15, 0.2) is 0 Å². The van der Waals surface area contributed by atoms with E-state index in [0.29, 0.717) is 6.42 Å². The summed E-state index contributed by atoms with van der Waals surface area (Å²) in [5.41, 5.74) is -0.242. The summed E-state index contributed by atoms with van der Waals surface area (Å²) >= 11 is 0. The number of carbonyl (C=O) groups is 2. The van der Waals surface area contributed by atoms with Crippen LogP contribution in [0.15, 0.2) is 0 Å². The minimum absolute atomic E-state index is 0.0290. The highest BCUT2D eigenvalue weighted by molar-refractivity contribution is 5.97. The van der Waals surface area contributed by atoms with Crippen molar-refractivity contribution in [2.24, 2.45) is 5.41 Å². The molecular formula is C17H30N2O2. The Morgan fingerprint density at radius 2 is 1.67 bits per heavy atom. The van der Waals surface area contributed by atoms with Crippen LogP contribution in [0.25, 0.3) is 0 Å². The second kappa shape index (κ2) is 6.37. The fraction of sp³-hybridized carbons (Fsp3) is 0.882. The second-order valence-corrected chi connectivity index (χ2v) is 7.62. The number of rotatable bonds is 2. The number of nitrogens with zero attached hydrogens (tertiary/aromatic N) is 1. The molecular weight excluding hydrogens is 264 g/mol. The summed E-state index contributed by atoms with van der Waals surface area (Å²) in [6.45, 7) is 8.06. The first-order chi connectivity index (χ1) is 9.86. The van der Waals surface area contributed by atoms with E-state index in [2.05, 4.69) is 5.32 Å². The summed E-state index contributed by atoms with van der Waals surface area (Å²) in [6.07, 6.45) is 7.65. The van der Waals surface area contributed by atoms with Gasteiger partial charge in [0.2, 0.25) is 11.8 Å². The first kappa shape index (κ1) is 16.3. The minimum Gasteiger partial charge on any atom is -0.342 e. The molecule has 0 aromatic heterocycles. The van der Waals surface area contributed by atoms with Crippen LogP contribution in [0.3, 0.4) is 0 Å². The molecule has 0 spiro atoms. The lowest BCUT2D eigenvalue weighted by molar-refractivity contribution is -0.155. The predicted octanol–water partition coefficient (Wildman–Crippen LogP) is 2.86. The van der Waals surface area contributed by atoms with E-state index >= 15 is 0 Å². The normalized spacial score (nSPS) is 29.2. The summed E-state index contributed by atoms with van der Waals surface area (Å²) in [4.78, 5) is 27.4. The van der Waals surface area contributed by atoms with Crippen molar-refractivity contribution in [1.82, 2.24) is 10.2 Å². The predicted molar refractivity (Wildman–Crippen MR) is 83.8 cm³/mol. The van der Waals surface area contributed by atoms with Crippen molar-refractivity contribution in [3.8, 4) is 0 Å². The van der Waals surface area contributed by atoms with Crippen LogP contribution in [-0.2, 0) is 9.59 Å². The van der Waals surface area contributed by atoms with Crippen LogP contribution >= 0.6 is 0 Å². The van der Waals surface area contributed by atoms with Crippen molar-refractivity contribution in [2.45, 2.75) is 90.8 Å². The number of hydrogen-bond acceptors (Lipinski definition) is 2. The van der Waals surface area contributed by atoms with E-state index in [1.165, 1.54) is 25.7 Å². The Hall–Kier alpha value is -1.06. The van der Waals surface area contributed by atoms with Crippen molar-refractivity contribution in [3.05, 3.63) is 0 Å². The van der Waals surface area contributed by atoms with Gasteiger partial charge in [0.25, 0.3) is 0 Å². The molecule has 0 radical (unpaired) electrons. The third-order valence-electron chi connectivity index (χ3n) is 4.90. The van der Waals surface area contributed by atoms with Crippen molar-refractivity contribution >= 4 is 11.8 Å². The standard InChI is InChI=1S/C17H30N2O2/c1-5-13-15(20)18-14(17(2,3)4)16(21)19(13)12-10-8-6-7-9-11-12/h12-14H,5-11H2,1-4H3,(H,18,20). The third-order valence-corrected chi connectivity index (χ3v) is 4.90. The molecule has 2 aliphatic rings. The number of nitrogens with one attached hydrogen (secondary N) is 1. The van der Waals surface area contributed by atoms with Gasteiger partial charge in [0.05, 0.1) is 0 Å². The molecule has 1 heterocycles. The molecule has 0 bridgehead atoms. The average molecular weight is 294 g/mol. The summed E-state index contributed by atoms with van der Waals surface area (Å²) in [7, 11) is 0. The van der Waals surface area contributed by atoms with E-state index in [-0.39, 0.29) is 29.3 Å². The Labute approximate surface area is 128 Å². The van der Waals surface area contributed by atoms with Gasteiger partial charge in [-0.05, 0) is 24.7 Å². The fourth-order valence-electron chi connectivity index (χ4n) is 3.67. The van der Waals surface area contributed by atoms with E-state index in [9.17, 15) is 9.59 Å². The van der Waals surface area contributed by atoms with Crippen molar-refractivity contribution in [3.63, 3.8) is 0 Å². The molecule has 2 amide bonds. The fourth-order valence-corrected chi connectivity index (χ4v) is 3.67. The van der Waals surface area contributed by atoms with Crippen LogP contribution in [0.1, 0.15) is 72.6 Å². The van der Waals surface area contributed by atoms with Gasteiger partial charge in [0, 0.05) is 6.04 Å². The van der Waals surface area contributed by atoms with Crippen LogP contribution < -0.4 is 5.32 Å². The molecule has 120 valence electrons. The van der Waals surface area contributed by atoms with E-state index in [4.69, 9.17) is 0 Å². The van der Waals surface area contributed by atoms with Crippen LogP contribution in [-0.4, -0.2) is 34.8 Å². The first-order valence-electron chi connectivity index (χ1n) is 8.48. The Kier molecular flexibility index (Phi) is 4.95. The van der Waals surface area contributed by atoms with Crippen molar-refractivity contribution < 1.29 is 9.59 Å². The van der Waals surface area contributed by atoms with Gasteiger partial charge in [-0.15, -0.1) is 0 Å². The number of hydrogen-bond donors (Lipinski definition) is 1. The average Bonchev–Trinajstić information content (AvgIpc) is 2.68. The monoisotopic (exact) mass is 294 g/mol. The maximum Gasteiger partial charge on any atom is 0.246 e. The van der Waals surface area contributed by atoms with Crippen LogP contribution in [0.4, 0.5) is 0 Å². The highest BCUT2D eigenvalue weighted by atomic mass is 16.2. The van der Waals surface area contributed by atoms with E-state index in [0.717, 1.165) is 12.8 Å². The maximum absolute atomic E-state index is 13.0. The van der Waals surface area contributed by atoms with Crippen LogP contribution in [0, 0.1) is 5.41 Å². The van der Waals surface area contributed by atoms with Crippen molar-refractivity contribution in [1.29, 1.82) is 0 Å². The Bertz CT molecular complexity index is 392. The lowest BCUT2D eigenvalue weighted by atomic mass is 9.83. The molecule has 0 aromatic carbocycles. The summed E-state index contributed by atoms with van der Waals surface area (Å²) in [6, 6.07) is -0.420. The molecule has 2 fully saturated rings. The topological polar surface area (TPSA) is 49.4 Å². The molecule has 1 saturated carbocycles. The highest BCUT2D eigenvalue weighted by Gasteiger charge is 2.46. The van der Waals surface area contributed by atoms with Gasteiger partial charge in [-0.1, -0.05) is 53.4 Å². The molecule has 2 rings (SSSR count). The lowest BCUT2D eigenvalue weighted by Crippen LogP contribution is -2.68. The molecule has 1 aliphatic heterocycles. The lowest BCUT2D eigenvalue weighted by Gasteiger charge is -2.46. The van der Waals surface area contributed by atoms with Gasteiger partial charge in [-0.2, -0.15) is 0 Å². The van der Waals surface area contributed by atoms with Crippen LogP contribution in [0.5, 0.6) is 0 Å². The second-order valence-electron chi connectivity index (χ2n) is 7.62. The molecule has 4 heteroatoms. The minimum atomic E-state index is -0.393. The number of piperazine rings is 1. The zero-order valence-electron chi connectivity index (χ0n) is 13.9. The molecule has 1 N–H and O–H groups in total. The molecule has 0 aromatic rings. The summed E-state index contributed by atoms with van der Waals surface area (Å²) in [5, 5.41) is 2.96. The SMILES string of the molecule is CCC1C(=O)NC(C(C)(C)C)C(=O)N1C1CCCCCC1. The molecule has 21 heavy (non-hydrogen) atoms. The first-order valence-corrected chi connectivity index (χ1v) is 8.48. The quantitative estimate of drug-likeness (QED) is 0.796. The van der Waals surface area contributed by atoms with Crippen molar-refractivity contribution in [2.75, 3.05) is 0 Å². The van der Waals surface area contributed by atoms with E-state index < -0.39 is 6.04 Å². The molecule has 2 unspecified atom stereocenters. The zero-order valence-corrected chi connectivity index (χ0v) is 13.9. The van der Waals surface area contributed by atoms with Gasteiger partial charge < -0.3 is 10.2 Å². The summed E-state index contributed by atoms with van der Waals surface area (Å²) in [5.74, 6) is 0.155. The highest BCUT2D eigenvalue weighted by Crippen LogP contribution is 2.31. The van der Waals surface area contributed by atoms with Gasteiger partial charge in [-0.25, -0.2) is 0 Å². The number of carbonyl (C=O) groups excluding carboxylic acids is 2. The van der Waals surface area contributed by atoms with E-state index in [1.807, 2.05) is 32.6 Å². The Balaban J connectivity index is 2.27. The Morgan fingerprint density at radius 3 is 2.14 bits per heavy atom. The molecule has 4 nitrogen and oxygen atoms in total. The van der Waals surface area contributed by atoms with Gasteiger partial charge >= 0.3 is 0 Å².